The third kappa shape index (κ3) is 1.51. The van der Waals surface area contributed by atoms with Gasteiger partial charge in [0.2, 0.25) is 0 Å². The van der Waals surface area contributed by atoms with E-state index < -0.39 is 11.6 Å². The van der Waals surface area contributed by atoms with Crippen molar-refractivity contribution < 1.29 is 8.78 Å². The highest BCUT2D eigenvalue weighted by Crippen LogP contribution is 2.33. The van der Waals surface area contributed by atoms with Crippen molar-refractivity contribution in [1.29, 1.82) is 0 Å². The summed E-state index contributed by atoms with van der Waals surface area (Å²) in [6, 6.07) is 1.20. The number of thiazole rings is 1. The molecule has 0 bridgehead atoms. The minimum atomic E-state index is -0.636. The van der Waals surface area contributed by atoms with Gasteiger partial charge in [0.1, 0.15) is 5.82 Å². The topological polar surface area (TPSA) is 12.9 Å². The van der Waals surface area contributed by atoms with Gasteiger partial charge in [-0.3, -0.25) is 0 Å². The predicted octanol–water partition coefficient (Wildman–Crippen LogP) is 4.10. The van der Waals surface area contributed by atoms with Gasteiger partial charge in [0.15, 0.2) is 9.73 Å². The molecule has 0 aliphatic heterocycles. The van der Waals surface area contributed by atoms with Crippen molar-refractivity contribution in [3.63, 3.8) is 0 Å². The number of hydrogen-bond donors (Lipinski definition) is 0. The third-order valence-electron chi connectivity index (χ3n) is 1.49. The summed E-state index contributed by atoms with van der Waals surface area (Å²) in [5.74, 6) is -1.24. The molecule has 68 valence electrons. The molecule has 1 aromatic carbocycles. The van der Waals surface area contributed by atoms with Gasteiger partial charge < -0.3 is 0 Å². The van der Waals surface area contributed by atoms with Crippen molar-refractivity contribution in [2.45, 2.75) is 0 Å². The van der Waals surface area contributed by atoms with E-state index in [9.17, 15) is 8.78 Å². The lowest BCUT2D eigenvalue weighted by molar-refractivity contribution is 0.581. The molecule has 0 unspecified atom stereocenters. The molecule has 0 spiro atoms. The first-order valence-corrected chi connectivity index (χ1v) is 5.59. The molecule has 0 atom stereocenters. The summed E-state index contributed by atoms with van der Waals surface area (Å²) >= 11 is 7.07. The molecule has 0 aliphatic carbocycles. The first-order chi connectivity index (χ1) is 6.09. The minimum Gasteiger partial charge on any atom is -0.229 e. The van der Waals surface area contributed by atoms with Gasteiger partial charge in [-0.05, 0) is 31.9 Å². The molecule has 1 heterocycles. The van der Waals surface area contributed by atoms with Gasteiger partial charge in [0, 0.05) is 6.07 Å². The highest BCUT2D eigenvalue weighted by atomic mass is 79.9. The van der Waals surface area contributed by atoms with Gasteiger partial charge in [0.25, 0.3) is 0 Å². The molecule has 0 fully saturated rings. The molecule has 0 saturated heterocycles. The number of rotatable bonds is 0. The fourth-order valence-corrected chi connectivity index (χ4v) is 2.78. The molecule has 0 saturated carbocycles. The van der Waals surface area contributed by atoms with E-state index >= 15 is 0 Å². The number of aromatic nitrogens is 1. The molecular weight excluding hydrogens is 328 g/mol. The Kier molecular flexibility index (Phi) is 2.37. The molecule has 2 aromatic rings. The van der Waals surface area contributed by atoms with E-state index in [1.165, 1.54) is 6.07 Å². The molecule has 0 N–H and O–H groups in total. The molecule has 0 radical (unpaired) electrons. The zero-order valence-corrected chi connectivity index (χ0v) is 9.93. The van der Waals surface area contributed by atoms with Crippen LogP contribution in [0.25, 0.3) is 10.2 Å². The van der Waals surface area contributed by atoms with Gasteiger partial charge in [-0.1, -0.05) is 0 Å². The quantitative estimate of drug-likeness (QED) is 0.663. The van der Waals surface area contributed by atoms with Crippen LogP contribution in [0.1, 0.15) is 0 Å². The summed E-state index contributed by atoms with van der Waals surface area (Å²) in [5.41, 5.74) is 0.329. The Bertz CT molecular complexity index is 483. The fraction of sp³-hybridized carbons (Fsp3) is 0. The smallest absolute Gasteiger partial charge is 0.160 e. The van der Waals surface area contributed by atoms with Crippen LogP contribution in [0.2, 0.25) is 0 Å². The Labute approximate surface area is 93.0 Å². The van der Waals surface area contributed by atoms with Crippen LogP contribution in [0.15, 0.2) is 14.5 Å². The van der Waals surface area contributed by atoms with E-state index in [2.05, 4.69) is 36.8 Å². The zero-order valence-electron chi connectivity index (χ0n) is 5.94. The van der Waals surface area contributed by atoms with Crippen LogP contribution in [0.5, 0.6) is 0 Å². The Balaban J connectivity index is 2.92. The second kappa shape index (κ2) is 3.25. The highest BCUT2D eigenvalue weighted by molar-refractivity contribution is 9.11. The first-order valence-electron chi connectivity index (χ1n) is 3.19. The van der Waals surface area contributed by atoms with E-state index in [1.807, 2.05) is 0 Å². The average Bonchev–Trinajstić information content (AvgIpc) is 2.42. The summed E-state index contributed by atoms with van der Waals surface area (Å²) in [6.07, 6.45) is 0. The molecule has 6 heteroatoms. The summed E-state index contributed by atoms with van der Waals surface area (Å²) in [6.45, 7) is 0. The Hall–Kier alpha value is -0.0700. The van der Waals surface area contributed by atoms with Crippen LogP contribution < -0.4 is 0 Å². The summed E-state index contributed by atoms with van der Waals surface area (Å²) in [5, 5.41) is 0. The van der Waals surface area contributed by atoms with Crippen LogP contribution in [-0.4, -0.2) is 4.98 Å². The maximum atomic E-state index is 13.3. The highest BCUT2D eigenvalue weighted by Gasteiger charge is 2.14. The van der Waals surface area contributed by atoms with Gasteiger partial charge >= 0.3 is 0 Å². The van der Waals surface area contributed by atoms with Crippen molar-refractivity contribution >= 4 is 53.4 Å². The Morgan fingerprint density at radius 1 is 1.31 bits per heavy atom. The van der Waals surface area contributed by atoms with Crippen molar-refractivity contribution in [2.75, 3.05) is 0 Å². The van der Waals surface area contributed by atoms with Crippen LogP contribution >= 0.6 is 43.2 Å². The fourth-order valence-electron chi connectivity index (χ4n) is 0.948. The summed E-state index contributed by atoms with van der Waals surface area (Å²) in [7, 11) is 0. The van der Waals surface area contributed by atoms with Crippen molar-refractivity contribution in [1.82, 2.24) is 4.98 Å². The molecule has 0 amide bonds. The summed E-state index contributed by atoms with van der Waals surface area (Å²) < 4.78 is 27.1. The Morgan fingerprint density at radius 3 is 2.69 bits per heavy atom. The minimum absolute atomic E-state index is 0.142. The van der Waals surface area contributed by atoms with Crippen molar-refractivity contribution in [2.24, 2.45) is 0 Å². The van der Waals surface area contributed by atoms with E-state index in [0.717, 1.165) is 11.3 Å². The Morgan fingerprint density at radius 2 is 2.00 bits per heavy atom. The van der Waals surface area contributed by atoms with Crippen LogP contribution in [0.4, 0.5) is 8.78 Å². The van der Waals surface area contributed by atoms with E-state index in [0.29, 0.717) is 14.1 Å². The number of benzene rings is 1. The molecule has 2 rings (SSSR count). The lowest BCUT2D eigenvalue weighted by Crippen LogP contribution is -1.84. The molecule has 1 nitrogen and oxygen atoms in total. The van der Waals surface area contributed by atoms with Crippen LogP contribution in [0, 0.1) is 11.6 Å². The molecular formula is C7HBr2F2NS. The van der Waals surface area contributed by atoms with Crippen LogP contribution in [0.3, 0.4) is 0 Å². The average molecular weight is 329 g/mol. The second-order valence-electron chi connectivity index (χ2n) is 2.30. The number of halogens is 4. The third-order valence-corrected chi connectivity index (χ3v) is 3.73. The largest absolute Gasteiger partial charge is 0.229 e. The van der Waals surface area contributed by atoms with Crippen LogP contribution in [-0.2, 0) is 0 Å². The standard InChI is InChI=1S/C7HBr2F2NS/c8-4-2(10)1-3-6(5(4)11)13-7(9)12-3/h1H. The number of hydrogen-bond acceptors (Lipinski definition) is 2. The van der Waals surface area contributed by atoms with Gasteiger partial charge in [-0.2, -0.15) is 0 Å². The molecule has 0 aliphatic rings. The normalized spacial score (nSPS) is 11.1. The number of nitrogens with zero attached hydrogens (tertiary/aromatic N) is 1. The van der Waals surface area contributed by atoms with Crippen molar-refractivity contribution in [3.05, 3.63) is 26.1 Å². The van der Waals surface area contributed by atoms with Gasteiger partial charge in [-0.15, -0.1) is 11.3 Å². The SMILES string of the molecule is Fc1cc2nc(Br)sc2c(F)c1Br. The van der Waals surface area contributed by atoms with Gasteiger partial charge in [0.05, 0.1) is 14.7 Å². The van der Waals surface area contributed by atoms with Gasteiger partial charge in [-0.25, -0.2) is 13.8 Å². The first kappa shape index (κ1) is 9.48. The second-order valence-corrected chi connectivity index (χ2v) is 5.37. The van der Waals surface area contributed by atoms with E-state index in [4.69, 9.17) is 0 Å². The maximum absolute atomic E-state index is 13.3. The lowest BCUT2D eigenvalue weighted by Gasteiger charge is -1.96. The zero-order chi connectivity index (χ0) is 9.59. The number of fused-ring (bicyclic) bond motifs is 1. The lowest BCUT2D eigenvalue weighted by atomic mass is 10.3. The van der Waals surface area contributed by atoms with E-state index in [-0.39, 0.29) is 4.47 Å². The molecule has 13 heavy (non-hydrogen) atoms. The monoisotopic (exact) mass is 327 g/mol. The predicted molar refractivity (Wildman–Crippen MR) is 54.9 cm³/mol. The van der Waals surface area contributed by atoms with E-state index in [1.54, 1.807) is 0 Å². The maximum Gasteiger partial charge on any atom is 0.160 e. The van der Waals surface area contributed by atoms with Crippen molar-refractivity contribution in [3.8, 4) is 0 Å². The molecule has 1 aromatic heterocycles. The summed E-state index contributed by atoms with van der Waals surface area (Å²) in [4.78, 5) is 3.91.